The molecule has 0 saturated carbocycles. The van der Waals surface area contributed by atoms with E-state index in [0.29, 0.717) is 50.9 Å². The molecule has 1 amide bonds. The molecule has 1 atom stereocenters. The van der Waals surface area contributed by atoms with Gasteiger partial charge in [0.05, 0.1) is 36.7 Å². The molecule has 0 aliphatic carbocycles. The Kier molecular flexibility index (Phi) is 8.10. The van der Waals surface area contributed by atoms with Crippen molar-refractivity contribution in [3.63, 3.8) is 0 Å². The number of carbonyl (C=O) groups excluding carboxylic acids is 2. The first-order chi connectivity index (χ1) is 16.5. The number of hydrogen-bond donors (Lipinski definition) is 0. The summed E-state index contributed by atoms with van der Waals surface area (Å²) in [6, 6.07) is 8.24. The molecule has 2 aromatic rings. The fraction of sp³-hybridized carbons (Fsp3) is 0.583. The first-order valence-electron chi connectivity index (χ1n) is 11.9. The van der Waals surface area contributed by atoms with Crippen molar-refractivity contribution in [2.45, 2.75) is 44.0 Å². The number of amides is 1. The van der Waals surface area contributed by atoms with Crippen molar-refractivity contribution >= 4 is 29.6 Å². The van der Waals surface area contributed by atoms with Crippen molar-refractivity contribution in [3.05, 3.63) is 29.8 Å². The summed E-state index contributed by atoms with van der Waals surface area (Å²) in [4.78, 5) is 29.3. The van der Waals surface area contributed by atoms with E-state index in [0.717, 1.165) is 24.7 Å². The molecule has 2 saturated heterocycles. The van der Waals surface area contributed by atoms with Crippen LogP contribution in [-0.4, -0.2) is 82.8 Å². The number of benzene rings is 1. The van der Waals surface area contributed by atoms with Gasteiger partial charge < -0.3 is 19.3 Å². The van der Waals surface area contributed by atoms with Crippen LogP contribution in [0.25, 0.3) is 5.69 Å². The van der Waals surface area contributed by atoms with Gasteiger partial charge in [-0.25, -0.2) is 0 Å². The number of hydrogen-bond acceptors (Lipinski definition) is 8. The Balaban J connectivity index is 1.48. The van der Waals surface area contributed by atoms with Crippen LogP contribution < -0.4 is 4.90 Å². The van der Waals surface area contributed by atoms with Crippen molar-refractivity contribution in [2.75, 3.05) is 50.9 Å². The van der Waals surface area contributed by atoms with E-state index in [1.165, 1.54) is 17.3 Å². The molecule has 0 bridgehead atoms. The standard InChI is InChI=1S/C24H33N5O4S/c1-4-33-22(31)19-9-11-27(12-10-19)21(30)18(3)34-24-26-25-23(28-13-15-32-16-14-28)29(24)20-7-5-17(2)6-8-20/h5-8,18-19H,4,9-16H2,1-3H3/t18-/m1/s1. The summed E-state index contributed by atoms with van der Waals surface area (Å²) in [6.45, 7) is 10.1. The topological polar surface area (TPSA) is 89.8 Å². The minimum Gasteiger partial charge on any atom is -0.466 e. The van der Waals surface area contributed by atoms with Crippen LogP contribution in [0, 0.1) is 12.8 Å². The Hall–Kier alpha value is -2.59. The number of likely N-dealkylation sites (tertiary alicyclic amines) is 1. The molecule has 1 aromatic carbocycles. The third-order valence-electron chi connectivity index (χ3n) is 6.26. The second kappa shape index (κ2) is 11.2. The van der Waals surface area contributed by atoms with Crippen molar-refractivity contribution < 1.29 is 19.1 Å². The summed E-state index contributed by atoms with van der Waals surface area (Å²) in [5.74, 6) is 0.551. The number of carbonyl (C=O) groups is 2. The maximum absolute atomic E-state index is 13.2. The zero-order chi connectivity index (χ0) is 24.1. The van der Waals surface area contributed by atoms with Crippen molar-refractivity contribution in [1.82, 2.24) is 19.7 Å². The molecule has 34 heavy (non-hydrogen) atoms. The Morgan fingerprint density at radius 2 is 1.79 bits per heavy atom. The Labute approximate surface area is 204 Å². The minimum absolute atomic E-state index is 0.0543. The van der Waals surface area contributed by atoms with Gasteiger partial charge in [-0.2, -0.15) is 0 Å². The lowest BCUT2D eigenvalue weighted by molar-refractivity contribution is -0.151. The molecule has 2 aliphatic rings. The number of anilines is 1. The highest BCUT2D eigenvalue weighted by Crippen LogP contribution is 2.31. The molecule has 9 nitrogen and oxygen atoms in total. The first-order valence-corrected chi connectivity index (χ1v) is 12.8. The van der Waals surface area contributed by atoms with Gasteiger partial charge in [0.25, 0.3) is 0 Å². The maximum atomic E-state index is 13.2. The average Bonchev–Trinajstić information content (AvgIpc) is 3.28. The number of rotatable bonds is 7. The molecular formula is C24H33N5O4S. The van der Waals surface area contributed by atoms with Gasteiger partial charge in [-0.1, -0.05) is 29.5 Å². The van der Waals surface area contributed by atoms with Crippen LogP contribution in [-0.2, 0) is 19.1 Å². The van der Waals surface area contributed by atoms with Gasteiger partial charge in [-0.3, -0.25) is 14.2 Å². The molecule has 0 spiro atoms. The van der Waals surface area contributed by atoms with Crippen molar-refractivity contribution in [3.8, 4) is 5.69 Å². The van der Waals surface area contributed by atoms with Gasteiger partial charge in [-0.15, -0.1) is 10.2 Å². The van der Waals surface area contributed by atoms with Crippen molar-refractivity contribution in [1.29, 1.82) is 0 Å². The number of ether oxygens (including phenoxy) is 2. The van der Waals surface area contributed by atoms with Crippen LogP contribution in [0.3, 0.4) is 0 Å². The Bertz CT molecular complexity index is 982. The minimum atomic E-state index is -0.329. The van der Waals surface area contributed by atoms with Gasteiger partial charge in [0, 0.05) is 26.2 Å². The zero-order valence-corrected chi connectivity index (χ0v) is 20.9. The second-order valence-corrected chi connectivity index (χ2v) is 9.97. The zero-order valence-electron chi connectivity index (χ0n) is 20.1. The number of piperidine rings is 1. The molecule has 3 heterocycles. The third kappa shape index (κ3) is 5.55. The van der Waals surface area contributed by atoms with E-state index in [1.807, 2.05) is 23.3 Å². The van der Waals surface area contributed by atoms with Gasteiger partial charge in [0.2, 0.25) is 11.9 Å². The lowest BCUT2D eigenvalue weighted by Gasteiger charge is -2.32. The largest absolute Gasteiger partial charge is 0.466 e. The SMILES string of the molecule is CCOC(=O)C1CCN(C(=O)[C@@H](C)Sc2nnc(N3CCOCC3)n2-c2ccc(C)cc2)CC1. The Morgan fingerprint density at radius 3 is 2.44 bits per heavy atom. The van der Waals surface area contributed by atoms with Crippen molar-refractivity contribution in [2.24, 2.45) is 5.92 Å². The monoisotopic (exact) mass is 487 g/mol. The lowest BCUT2D eigenvalue weighted by Crippen LogP contribution is -2.43. The summed E-state index contributed by atoms with van der Waals surface area (Å²) in [6.07, 6.45) is 1.28. The molecule has 10 heteroatoms. The van der Waals surface area contributed by atoms with Crippen LogP contribution >= 0.6 is 11.8 Å². The van der Waals surface area contributed by atoms with E-state index in [1.54, 1.807) is 0 Å². The number of nitrogens with zero attached hydrogens (tertiary/aromatic N) is 5. The number of thioether (sulfide) groups is 1. The summed E-state index contributed by atoms with van der Waals surface area (Å²) >= 11 is 1.42. The predicted molar refractivity (Wildman–Crippen MR) is 130 cm³/mol. The fourth-order valence-electron chi connectivity index (χ4n) is 4.29. The van der Waals surface area contributed by atoms with E-state index in [9.17, 15) is 9.59 Å². The van der Waals surface area contributed by atoms with Crippen LogP contribution in [0.2, 0.25) is 0 Å². The quantitative estimate of drug-likeness (QED) is 0.435. The van der Waals surface area contributed by atoms with Gasteiger partial charge >= 0.3 is 5.97 Å². The third-order valence-corrected chi connectivity index (χ3v) is 7.29. The molecule has 0 radical (unpaired) electrons. The number of aromatic nitrogens is 3. The maximum Gasteiger partial charge on any atom is 0.309 e. The van der Waals surface area contributed by atoms with Gasteiger partial charge in [-0.05, 0) is 45.7 Å². The smallest absolute Gasteiger partial charge is 0.309 e. The number of esters is 1. The highest BCUT2D eigenvalue weighted by Gasteiger charge is 2.31. The van der Waals surface area contributed by atoms with Crippen LogP contribution in [0.4, 0.5) is 5.95 Å². The summed E-state index contributed by atoms with van der Waals surface area (Å²) in [7, 11) is 0. The predicted octanol–water partition coefficient (Wildman–Crippen LogP) is 2.69. The summed E-state index contributed by atoms with van der Waals surface area (Å²) in [5.41, 5.74) is 2.14. The van der Waals surface area contributed by atoms with Crippen LogP contribution in [0.5, 0.6) is 0 Å². The molecule has 2 aliphatic heterocycles. The second-order valence-electron chi connectivity index (χ2n) is 8.66. The van der Waals surface area contributed by atoms with Gasteiger partial charge in [0.1, 0.15) is 0 Å². The lowest BCUT2D eigenvalue weighted by atomic mass is 9.97. The average molecular weight is 488 g/mol. The molecule has 2 fully saturated rings. The van der Waals surface area contributed by atoms with Crippen LogP contribution in [0.1, 0.15) is 32.3 Å². The van der Waals surface area contributed by atoms with E-state index >= 15 is 0 Å². The summed E-state index contributed by atoms with van der Waals surface area (Å²) < 4.78 is 12.7. The molecule has 0 unspecified atom stereocenters. The highest BCUT2D eigenvalue weighted by molar-refractivity contribution is 8.00. The molecule has 184 valence electrons. The molecule has 1 aromatic heterocycles. The molecule has 0 N–H and O–H groups in total. The first kappa shape index (κ1) is 24.5. The fourth-order valence-corrected chi connectivity index (χ4v) is 5.23. The van der Waals surface area contributed by atoms with E-state index in [2.05, 4.69) is 46.3 Å². The number of aryl methyl sites for hydroxylation is 1. The van der Waals surface area contributed by atoms with Gasteiger partial charge in [0.15, 0.2) is 5.16 Å². The van der Waals surface area contributed by atoms with E-state index in [4.69, 9.17) is 9.47 Å². The molecule has 4 rings (SSSR count). The highest BCUT2D eigenvalue weighted by atomic mass is 32.2. The Morgan fingerprint density at radius 1 is 1.12 bits per heavy atom. The molecular weight excluding hydrogens is 454 g/mol. The number of morpholine rings is 1. The van der Waals surface area contributed by atoms with E-state index < -0.39 is 0 Å². The summed E-state index contributed by atoms with van der Waals surface area (Å²) in [5, 5.41) is 9.33. The van der Waals surface area contributed by atoms with Crippen LogP contribution in [0.15, 0.2) is 29.4 Å². The van der Waals surface area contributed by atoms with E-state index in [-0.39, 0.29) is 23.0 Å². The normalized spacial score (nSPS) is 18.1.